The van der Waals surface area contributed by atoms with Gasteiger partial charge in [-0.3, -0.25) is 4.90 Å². The molecular weight excluding hydrogens is 383 g/mol. The molecule has 0 bridgehead atoms. The first-order chi connectivity index (χ1) is 13.4. The summed E-state index contributed by atoms with van der Waals surface area (Å²) < 4.78 is 52.4. The van der Waals surface area contributed by atoms with Crippen LogP contribution in [-0.2, 0) is 14.8 Å². The Balaban J connectivity index is 1.84. The number of hydrogen-bond acceptors (Lipinski definition) is 5. The van der Waals surface area contributed by atoms with Crippen molar-refractivity contribution in [3.8, 4) is 5.75 Å². The summed E-state index contributed by atoms with van der Waals surface area (Å²) in [6, 6.07) is 11.1. The van der Waals surface area contributed by atoms with Crippen LogP contribution in [0.5, 0.6) is 5.75 Å². The molecule has 1 heterocycles. The number of benzene rings is 2. The van der Waals surface area contributed by atoms with Crippen LogP contribution in [0.15, 0.2) is 47.4 Å². The summed E-state index contributed by atoms with van der Waals surface area (Å²) in [7, 11) is -2.17. The molecule has 0 aliphatic carbocycles. The van der Waals surface area contributed by atoms with Gasteiger partial charge in [-0.25, -0.2) is 17.5 Å². The van der Waals surface area contributed by atoms with Gasteiger partial charge in [-0.1, -0.05) is 12.1 Å². The zero-order valence-corrected chi connectivity index (χ0v) is 16.8. The number of nitrogens with zero attached hydrogens (tertiary/aromatic N) is 1. The van der Waals surface area contributed by atoms with E-state index in [4.69, 9.17) is 9.47 Å². The first-order valence-electron chi connectivity index (χ1n) is 9.12. The quantitative estimate of drug-likeness (QED) is 0.763. The van der Waals surface area contributed by atoms with Crippen molar-refractivity contribution in [2.24, 2.45) is 0 Å². The van der Waals surface area contributed by atoms with E-state index in [0.717, 1.165) is 11.6 Å². The van der Waals surface area contributed by atoms with Crippen molar-refractivity contribution in [3.05, 3.63) is 59.4 Å². The van der Waals surface area contributed by atoms with Gasteiger partial charge in [-0.15, -0.1) is 0 Å². The van der Waals surface area contributed by atoms with Gasteiger partial charge >= 0.3 is 0 Å². The summed E-state index contributed by atoms with van der Waals surface area (Å²) in [5.74, 6) is 0.256. The maximum atomic E-state index is 13.3. The van der Waals surface area contributed by atoms with Gasteiger partial charge in [0.25, 0.3) is 0 Å². The number of nitrogens with one attached hydrogen (secondary N) is 1. The van der Waals surface area contributed by atoms with Crippen LogP contribution in [0, 0.1) is 12.7 Å². The largest absolute Gasteiger partial charge is 0.497 e. The molecule has 2 aromatic rings. The molecule has 1 saturated heterocycles. The molecule has 0 spiro atoms. The Morgan fingerprint density at radius 1 is 1.21 bits per heavy atom. The van der Waals surface area contributed by atoms with Crippen LogP contribution in [0.3, 0.4) is 0 Å². The average molecular weight is 408 g/mol. The number of sulfonamides is 1. The molecule has 1 unspecified atom stereocenters. The van der Waals surface area contributed by atoms with Gasteiger partial charge in [0.1, 0.15) is 11.6 Å². The molecule has 28 heavy (non-hydrogen) atoms. The zero-order valence-electron chi connectivity index (χ0n) is 16.0. The molecule has 0 saturated carbocycles. The third-order valence-corrected chi connectivity index (χ3v) is 6.44. The van der Waals surface area contributed by atoms with Gasteiger partial charge in [0, 0.05) is 25.7 Å². The zero-order chi connectivity index (χ0) is 20.1. The van der Waals surface area contributed by atoms with E-state index in [2.05, 4.69) is 9.62 Å². The molecule has 1 aliphatic rings. The van der Waals surface area contributed by atoms with E-state index in [0.29, 0.717) is 37.6 Å². The second kappa shape index (κ2) is 9.00. The van der Waals surface area contributed by atoms with Crippen molar-refractivity contribution < 1.29 is 22.3 Å². The van der Waals surface area contributed by atoms with Crippen molar-refractivity contribution >= 4 is 10.0 Å². The topological polar surface area (TPSA) is 67.9 Å². The van der Waals surface area contributed by atoms with Crippen molar-refractivity contribution in [1.82, 2.24) is 9.62 Å². The van der Waals surface area contributed by atoms with Gasteiger partial charge in [0.05, 0.1) is 25.2 Å². The van der Waals surface area contributed by atoms with Crippen molar-refractivity contribution in [1.29, 1.82) is 0 Å². The predicted octanol–water partition coefficient (Wildman–Crippen LogP) is 2.49. The Kier molecular flexibility index (Phi) is 6.66. The van der Waals surface area contributed by atoms with Crippen LogP contribution in [0.25, 0.3) is 0 Å². The number of rotatable bonds is 7. The van der Waals surface area contributed by atoms with Crippen LogP contribution < -0.4 is 9.46 Å². The maximum Gasteiger partial charge on any atom is 0.240 e. The van der Waals surface area contributed by atoms with Gasteiger partial charge in [0.2, 0.25) is 10.0 Å². The third-order valence-electron chi connectivity index (χ3n) is 4.86. The minimum atomic E-state index is -3.77. The molecule has 3 rings (SSSR count). The summed E-state index contributed by atoms with van der Waals surface area (Å²) in [5.41, 5.74) is 1.33. The van der Waals surface area contributed by atoms with Gasteiger partial charge in [-0.2, -0.15) is 0 Å². The second-order valence-corrected chi connectivity index (χ2v) is 8.44. The highest BCUT2D eigenvalue weighted by atomic mass is 32.2. The average Bonchev–Trinajstić information content (AvgIpc) is 2.69. The lowest BCUT2D eigenvalue weighted by atomic mass is 10.0. The Hall–Kier alpha value is -2.00. The number of ether oxygens (including phenoxy) is 2. The lowest BCUT2D eigenvalue weighted by Gasteiger charge is -2.35. The SMILES string of the molecule is COc1cccc(C(CNS(=O)(=O)c2ccc(F)cc2C)N2CCOCC2)c1. The molecule has 152 valence electrons. The standard InChI is InChI=1S/C20H25FN2O4S/c1-15-12-17(21)6-7-20(15)28(24,25)22-14-19(23-8-10-27-11-9-23)16-4-3-5-18(13-16)26-2/h3-7,12-13,19,22H,8-11,14H2,1-2H3. The van der Waals surface area contributed by atoms with E-state index in [1.165, 1.54) is 12.1 Å². The number of aryl methyl sites for hydroxylation is 1. The van der Waals surface area contributed by atoms with Gasteiger partial charge in [0.15, 0.2) is 0 Å². The van der Waals surface area contributed by atoms with E-state index in [9.17, 15) is 12.8 Å². The Labute approximate surface area is 165 Å². The molecule has 1 fully saturated rings. The molecule has 0 amide bonds. The Morgan fingerprint density at radius 3 is 2.64 bits per heavy atom. The maximum absolute atomic E-state index is 13.3. The Morgan fingerprint density at radius 2 is 1.96 bits per heavy atom. The van der Waals surface area contributed by atoms with E-state index in [1.807, 2.05) is 24.3 Å². The lowest BCUT2D eigenvalue weighted by Crippen LogP contribution is -2.43. The van der Waals surface area contributed by atoms with Crippen LogP contribution in [0.1, 0.15) is 17.2 Å². The minimum absolute atomic E-state index is 0.0836. The summed E-state index contributed by atoms with van der Waals surface area (Å²) in [4.78, 5) is 2.28. The summed E-state index contributed by atoms with van der Waals surface area (Å²) >= 11 is 0. The summed E-state index contributed by atoms with van der Waals surface area (Å²) in [5, 5.41) is 0. The molecule has 2 aromatic carbocycles. The summed E-state index contributed by atoms with van der Waals surface area (Å²) in [6.07, 6.45) is 0. The van der Waals surface area contributed by atoms with Gasteiger partial charge in [-0.05, 0) is 48.4 Å². The van der Waals surface area contributed by atoms with Crippen molar-refractivity contribution in [2.75, 3.05) is 40.0 Å². The first-order valence-corrected chi connectivity index (χ1v) is 10.6. The fourth-order valence-electron chi connectivity index (χ4n) is 3.38. The van der Waals surface area contributed by atoms with Crippen molar-refractivity contribution in [3.63, 3.8) is 0 Å². The normalized spacial score (nSPS) is 16.7. The summed E-state index contributed by atoms with van der Waals surface area (Å²) in [6.45, 7) is 4.39. The molecule has 0 aromatic heterocycles. The van der Waals surface area contributed by atoms with Crippen LogP contribution >= 0.6 is 0 Å². The number of halogens is 1. The van der Waals surface area contributed by atoms with E-state index in [-0.39, 0.29) is 17.5 Å². The minimum Gasteiger partial charge on any atom is -0.497 e. The fourth-order valence-corrected chi connectivity index (χ4v) is 4.64. The molecule has 1 N–H and O–H groups in total. The Bertz CT molecular complexity index is 914. The molecule has 0 radical (unpaired) electrons. The number of methoxy groups -OCH3 is 1. The highest BCUT2D eigenvalue weighted by molar-refractivity contribution is 7.89. The molecular formula is C20H25FN2O4S. The first kappa shape index (κ1) is 20.7. The molecule has 1 atom stereocenters. The smallest absolute Gasteiger partial charge is 0.240 e. The van der Waals surface area contributed by atoms with Crippen LogP contribution in [-0.4, -0.2) is 53.3 Å². The van der Waals surface area contributed by atoms with Crippen LogP contribution in [0.4, 0.5) is 4.39 Å². The lowest BCUT2D eigenvalue weighted by molar-refractivity contribution is 0.0171. The monoisotopic (exact) mass is 408 g/mol. The van der Waals surface area contributed by atoms with E-state index >= 15 is 0 Å². The van der Waals surface area contributed by atoms with E-state index in [1.54, 1.807) is 14.0 Å². The fraction of sp³-hybridized carbons (Fsp3) is 0.400. The second-order valence-electron chi connectivity index (χ2n) is 6.70. The number of morpholine rings is 1. The number of hydrogen-bond donors (Lipinski definition) is 1. The van der Waals surface area contributed by atoms with E-state index < -0.39 is 15.8 Å². The highest BCUT2D eigenvalue weighted by Gasteiger charge is 2.26. The van der Waals surface area contributed by atoms with Crippen molar-refractivity contribution in [2.45, 2.75) is 17.9 Å². The van der Waals surface area contributed by atoms with Gasteiger partial charge < -0.3 is 9.47 Å². The highest BCUT2D eigenvalue weighted by Crippen LogP contribution is 2.26. The molecule has 1 aliphatic heterocycles. The predicted molar refractivity (Wildman–Crippen MR) is 104 cm³/mol. The van der Waals surface area contributed by atoms with Crippen LogP contribution in [0.2, 0.25) is 0 Å². The molecule has 8 heteroatoms. The molecule has 6 nitrogen and oxygen atoms in total. The third kappa shape index (κ3) is 4.88.